The summed E-state index contributed by atoms with van der Waals surface area (Å²) in [6, 6.07) is 7.29. The first kappa shape index (κ1) is 15.2. The lowest BCUT2D eigenvalue weighted by molar-refractivity contribution is -0.304. The number of rotatable bonds is 5. The van der Waals surface area contributed by atoms with Crippen molar-refractivity contribution in [3.8, 4) is 11.4 Å². The fourth-order valence-corrected chi connectivity index (χ4v) is 2.73. The number of ether oxygens (including phenoxy) is 1. The number of benzene rings is 1. The van der Waals surface area contributed by atoms with Gasteiger partial charge in [-0.25, -0.2) is 9.97 Å². The third-order valence-corrected chi connectivity index (χ3v) is 4.19. The Morgan fingerprint density at radius 3 is 2.96 bits per heavy atom. The predicted octanol–water partition coefficient (Wildman–Crippen LogP) is 0.450. The smallest absolute Gasteiger partial charge is 0.187 e. The molecule has 3 rings (SSSR count). The molecule has 0 bridgehead atoms. The van der Waals surface area contributed by atoms with Gasteiger partial charge in [-0.1, -0.05) is 23.0 Å². The van der Waals surface area contributed by atoms with Gasteiger partial charge >= 0.3 is 0 Å². The summed E-state index contributed by atoms with van der Waals surface area (Å²) in [4.78, 5) is 19.2. The molecule has 23 heavy (non-hydrogen) atoms. The summed E-state index contributed by atoms with van der Waals surface area (Å²) in [5.41, 5.74) is 1.66. The lowest BCUT2D eigenvalue weighted by Gasteiger charge is -2.10. The number of aromatic nitrogens is 5. The SMILES string of the molecule is COc1cccc(-n2nnc3c(S[C@@H](C)C(=O)[O-])ncnc32)c1. The van der Waals surface area contributed by atoms with E-state index in [1.807, 2.05) is 18.2 Å². The van der Waals surface area contributed by atoms with Crippen molar-refractivity contribution in [2.45, 2.75) is 17.2 Å². The number of thioether (sulfide) groups is 1. The van der Waals surface area contributed by atoms with Crippen LogP contribution in [0, 0.1) is 0 Å². The standard InChI is InChI=1S/C14H13N5O3S/c1-8(14(20)21)23-13-11-12(15-7-16-13)19(18-17-11)9-4-3-5-10(6-9)22-2/h3-8H,1-2H3,(H,20,21)/p-1/t8-/m0/s1. The molecular formula is C14H12N5O3S-. The summed E-state index contributed by atoms with van der Waals surface area (Å²) >= 11 is 1.04. The van der Waals surface area contributed by atoms with Crippen LogP contribution in [0.15, 0.2) is 35.6 Å². The lowest BCUT2D eigenvalue weighted by Crippen LogP contribution is -2.31. The minimum atomic E-state index is -1.16. The maximum atomic E-state index is 10.9. The van der Waals surface area contributed by atoms with Gasteiger partial charge in [-0.05, 0) is 19.1 Å². The van der Waals surface area contributed by atoms with E-state index in [1.165, 1.54) is 13.3 Å². The largest absolute Gasteiger partial charge is 0.549 e. The second kappa shape index (κ2) is 6.21. The molecule has 0 spiro atoms. The van der Waals surface area contributed by atoms with Gasteiger partial charge in [0, 0.05) is 11.3 Å². The Morgan fingerprint density at radius 1 is 1.39 bits per heavy atom. The third kappa shape index (κ3) is 2.95. The summed E-state index contributed by atoms with van der Waals surface area (Å²) < 4.78 is 6.75. The van der Waals surface area contributed by atoms with E-state index in [-0.39, 0.29) is 0 Å². The van der Waals surface area contributed by atoms with Crippen molar-refractivity contribution in [2.24, 2.45) is 0 Å². The summed E-state index contributed by atoms with van der Waals surface area (Å²) in [6.45, 7) is 1.53. The summed E-state index contributed by atoms with van der Waals surface area (Å²) in [6.07, 6.45) is 1.35. The number of hydrogen-bond acceptors (Lipinski definition) is 8. The molecule has 0 N–H and O–H groups in total. The highest BCUT2D eigenvalue weighted by molar-refractivity contribution is 8.00. The molecule has 0 aliphatic carbocycles. The maximum Gasteiger partial charge on any atom is 0.187 e. The Labute approximate surface area is 135 Å². The van der Waals surface area contributed by atoms with Crippen molar-refractivity contribution < 1.29 is 14.6 Å². The summed E-state index contributed by atoms with van der Waals surface area (Å²) in [5, 5.41) is 18.8. The first-order chi connectivity index (χ1) is 11.1. The number of carbonyl (C=O) groups excluding carboxylic acids is 1. The first-order valence-corrected chi connectivity index (χ1v) is 7.56. The van der Waals surface area contributed by atoms with Gasteiger partial charge in [0.2, 0.25) is 0 Å². The molecule has 0 saturated heterocycles. The molecule has 3 aromatic rings. The number of carbonyl (C=O) groups is 1. The van der Waals surface area contributed by atoms with E-state index in [0.29, 0.717) is 21.9 Å². The second-order valence-electron chi connectivity index (χ2n) is 4.63. The molecule has 0 fully saturated rings. The molecule has 118 valence electrons. The zero-order chi connectivity index (χ0) is 16.4. The molecule has 1 aromatic carbocycles. The molecule has 0 unspecified atom stereocenters. The van der Waals surface area contributed by atoms with E-state index in [0.717, 1.165) is 17.4 Å². The molecule has 8 nitrogen and oxygen atoms in total. The molecule has 9 heteroatoms. The number of hydrogen-bond donors (Lipinski definition) is 0. The number of aliphatic carboxylic acids is 1. The van der Waals surface area contributed by atoms with Crippen LogP contribution in [0.5, 0.6) is 5.75 Å². The van der Waals surface area contributed by atoms with Crippen LogP contribution in [-0.4, -0.2) is 43.3 Å². The average molecular weight is 330 g/mol. The van der Waals surface area contributed by atoms with Gasteiger partial charge in [-0.2, -0.15) is 4.68 Å². The second-order valence-corrected chi connectivity index (χ2v) is 5.96. The van der Waals surface area contributed by atoms with Gasteiger partial charge in [0.15, 0.2) is 11.2 Å². The summed E-state index contributed by atoms with van der Waals surface area (Å²) in [7, 11) is 1.58. The lowest BCUT2D eigenvalue weighted by atomic mass is 10.3. The molecule has 2 heterocycles. The van der Waals surface area contributed by atoms with Crippen molar-refractivity contribution in [2.75, 3.05) is 7.11 Å². The van der Waals surface area contributed by atoms with Crippen LogP contribution in [0.4, 0.5) is 0 Å². The minimum Gasteiger partial charge on any atom is -0.549 e. The summed E-state index contributed by atoms with van der Waals surface area (Å²) in [5.74, 6) is -0.484. The van der Waals surface area contributed by atoms with E-state index < -0.39 is 11.2 Å². The van der Waals surface area contributed by atoms with Crippen LogP contribution in [0.1, 0.15) is 6.92 Å². The monoisotopic (exact) mass is 330 g/mol. The van der Waals surface area contributed by atoms with Crippen LogP contribution in [0.25, 0.3) is 16.9 Å². The number of methoxy groups -OCH3 is 1. The Morgan fingerprint density at radius 2 is 2.22 bits per heavy atom. The molecular weight excluding hydrogens is 318 g/mol. The molecule has 1 atom stereocenters. The molecule has 0 aliphatic heterocycles. The minimum absolute atomic E-state index is 0.438. The van der Waals surface area contributed by atoms with Gasteiger partial charge in [-0.3, -0.25) is 0 Å². The molecule has 0 radical (unpaired) electrons. The van der Waals surface area contributed by atoms with Gasteiger partial charge in [0.05, 0.1) is 18.8 Å². The molecule has 0 saturated carbocycles. The van der Waals surface area contributed by atoms with Gasteiger partial charge in [0.25, 0.3) is 0 Å². The van der Waals surface area contributed by atoms with E-state index in [1.54, 1.807) is 17.9 Å². The zero-order valence-corrected chi connectivity index (χ0v) is 13.1. The van der Waals surface area contributed by atoms with Crippen LogP contribution in [-0.2, 0) is 4.79 Å². The predicted molar refractivity (Wildman–Crippen MR) is 81.3 cm³/mol. The van der Waals surface area contributed by atoms with Crippen LogP contribution < -0.4 is 9.84 Å². The fourth-order valence-electron chi connectivity index (χ4n) is 1.95. The fraction of sp³-hybridized carbons (Fsp3) is 0.214. The first-order valence-electron chi connectivity index (χ1n) is 6.68. The Balaban J connectivity index is 2.06. The average Bonchev–Trinajstić information content (AvgIpc) is 3.00. The Bertz CT molecular complexity index is 866. The van der Waals surface area contributed by atoms with Crippen molar-refractivity contribution in [1.82, 2.24) is 25.0 Å². The number of carboxylic acid groups (broad SMARTS) is 1. The van der Waals surface area contributed by atoms with Crippen LogP contribution in [0.2, 0.25) is 0 Å². The van der Waals surface area contributed by atoms with Gasteiger partial charge < -0.3 is 14.6 Å². The third-order valence-electron chi connectivity index (χ3n) is 3.12. The normalized spacial score (nSPS) is 12.3. The van der Waals surface area contributed by atoms with Crippen LogP contribution >= 0.6 is 11.8 Å². The number of nitrogens with zero attached hydrogens (tertiary/aromatic N) is 5. The van der Waals surface area contributed by atoms with Crippen molar-refractivity contribution in [1.29, 1.82) is 0 Å². The quantitative estimate of drug-likeness (QED) is 0.490. The zero-order valence-electron chi connectivity index (χ0n) is 12.3. The van der Waals surface area contributed by atoms with Crippen molar-refractivity contribution in [3.63, 3.8) is 0 Å². The highest BCUT2D eigenvalue weighted by atomic mass is 32.2. The van der Waals surface area contributed by atoms with Gasteiger partial charge in [0.1, 0.15) is 17.1 Å². The Kier molecular flexibility index (Phi) is 4.11. The highest BCUT2D eigenvalue weighted by Crippen LogP contribution is 2.27. The van der Waals surface area contributed by atoms with Crippen LogP contribution in [0.3, 0.4) is 0 Å². The Hall–Kier alpha value is -2.68. The van der Waals surface area contributed by atoms with E-state index in [4.69, 9.17) is 4.74 Å². The molecule has 0 aliphatic rings. The molecule has 0 amide bonds. The van der Waals surface area contributed by atoms with E-state index >= 15 is 0 Å². The van der Waals surface area contributed by atoms with Crippen molar-refractivity contribution in [3.05, 3.63) is 30.6 Å². The number of carboxylic acids is 1. The molecule has 2 aromatic heterocycles. The van der Waals surface area contributed by atoms with E-state index in [9.17, 15) is 9.90 Å². The maximum absolute atomic E-state index is 10.9. The van der Waals surface area contributed by atoms with Crippen molar-refractivity contribution >= 4 is 28.9 Å². The number of fused-ring (bicyclic) bond motifs is 1. The topological polar surface area (TPSA) is 106 Å². The van der Waals surface area contributed by atoms with E-state index in [2.05, 4.69) is 20.3 Å². The van der Waals surface area contributed by atoms with Gasteiger partial charge in [-0.15, -0.1) is 5.10 Å². The highest BCUT2D eigenvalue weighted by Gasteiger charge is 2.16.